The van der Waals surface area contributed by atoms with Crippen molar-refractivity contribution in [2.45, 2.75) is 31.9 Å². The zero-order valence-electron chi connectivity index (χ0n) is 11.4. The molecule has 0 amide bonds. The second-order valence-electron chi connectivity index (χ2n) is 5.84. The minimum Gasteiger partial charge on any atom is -0.280 e. The Morgan fingerprint density at radius 1 is 1.32 bits per heavy atom. The summed E-state index contributed by atoms with van der Waals surface area (Å²) in [6, 6.07) is 3.74. The second-order valence-corrected chi connectivity index (χ2v) is 8.39. The molecule has 2 aromatic rings. The maximum atomic E-state index is 11.4. The van der Waals surface area contributed by atoms with Gasteiger partial charge in [-0.2, -0.15) is 5.10 Å². The molecule has 0 fully saturated rings. The minimum absolute atomic E-state index is 0.0829. The van der Waals surface area contributed by atoms with E-state index in [0.717, 1.165) is 11.1 Å². The first kappa shape index (κ1) is 14.3. The van der Waals surface area contributed by atoms with E-state index >= 15 is 0 Å². The lowest BCUT2D eigenvalue weighted by molar-refractivity contribution is 0.594. The van der Waals surface area contributed by atoms with Gasteiger partial charge in [0.1, 0.15) is 0 Å². The van der Waals surface area contributed by atoms with Gasteiger partial charge in [0.15, 0.2) is 9.84 Å². The fourth-order valence-corrected chi connectivity index (χ4v) is 3.12. The molecule has 0 aliphatic carbocycles. The fourth-order valence-electron chi connectivity index (χ4n) is 2.12. The first-order valence-corrected chi connectivity index (χ1v) is 8.37. The van der Waals surface area contributed by atoms with Crippen LogP contribution in [0.1, 0.15) is 32.0 Å². The van der Waals surface area contributed by atoms with Crippen LogP contribution < -0.4 is 0 Å². The van der Waals surface area contributed by atoms with Gasteiger partial charge >= 0.3 is 0 Å². The van der Waals surface area contributed by atoms with E-state index in [1.165, 1.54) is 6.26 Å². The smallest absolute Gasteiger partial charge is 0.153 e. The van der Waals surface area contributed by atoms with Crippen molar-refractivity contribution in [2.75, 3.05) is 6.26 Å². The molecule has 2 rings (SSSR count). The highest BCUT2D eigenvalue weighted by molar-refractivity contribution is 7.89. The van der Waals surface area contributed by atoms with Gasteiger partial charge in [0.25, 0.3) is 0 Å². The average molecular weight is 301 g/mol. The van der Waals surface area contributed by atoms with Gasteiger partial charge < -0.3 is 0 Å². The molecule has 19 heavy (non-hydrogen) atoms. The number of nitrogens with zero attached hydrogens (tertiary/aromatic N) is 1. The summed E-state index contributed by atoms with van der Waals surface area (Å²) < 4.78 is 22.9. The molecule has 1 aromatic heterocycles. The highest BCUT2D eigenvalue weighted by atomic mass is 35.5. The van der Waals surface area contributed by atoms with Crippen LogP contribution in [0.2, 0.25) is 5.02 Å². The predicted octanol–water partition coefficient (Wildman–Crippen LogP) is 3.06. The number of fused-ring (bicyclic) bond motifs is 1. The molecular weight excluding hydrogens is 284 g/mol. The number of nitrogens with one attached hydrogen (secondary N) is 1. The second kappa shape index (κ2) is 4.49. The number of rotatable bonds is 2. The van der Waals surface area contributed by atoms with E-state index in [1.54, 1.807) is 6.07 Å². The zero-order chi connectivity index (χ0) is 14.4. The van der Waals surface area contributed by atoms with Gasteiger partial charge in [0.05, 0.1) is 22.0 Å². The van der Waals surface area contributed by atoms with Crippen LogP contribution in [0.4, 0.5) is 0 Å². The zero-order valence-corrected chi connectivity index (χ0v) is 13.0. The Hall–Kier alpha value is -1.07. The number of aromatic amines is 1. The summed E-state index contributed by atoms with van der Waals surface area (Å²) in [5.41, 5.74) is 2.26. The Bertz CT molecular complexity index is 727. The van der Waals surface area contributed by atoms with E-state index in [0.29, 0.717) is 16.1 Å². The van der Waals surface area contributed by atoms with Gasteiger partial charge in [-0.15, -0.1) is 0 Å². The van der Waals surface area contributed by atoms with Crippen LogP contribution >= 0.6 is 11.6 Å². The third-order valence-corrected chi connectivity index (χ3v) is 4.07. The highest BCUT2D eigenvalue weighted by Crippen LogP contribution is 2.34. The number of H-pyrrole nitrogens is 1. The molecule has 0 unspecified atom stereocenters. The summed E-state index contributed by atoms with van der Waals surface area (Å²) in [6.07, 6.45) is 1.20. The summed E-state index contributed by atoms with van der Waals surface area (Å²) in [5.74, 6) is -0.0865. The van der Waals surface area contributed by atoms with Gasteiger partial charge in [0, 0.05) is 11.6 Å². The Labute approximate surface area is 118 Å². The van der Waals surface area contributed by atoms with Gasteiger partial charge in [-0.3, -0.25) is 5.10 Å². The maximum absolute atomic E-state index is 11.4. The van der Waals surface area contributed by atoms with Crippen LogP contribution in [0.25, 0.3) is 10.9 Å². The van der Waals surface area contributed by atoms with Crippen LogP contribution in [0, 0.1) is 0 Å². The molecule has 6 heteroatoms. The van der Waals surface area contributed by atoms with Crippen molar-refractivity contribution in [3.05, 3.63) is 28.4 Å². The molecule has 104 valence electrons. The summed E-state index contributed by atoms with van der Waals surface area (Å²) >= 11 is 6.20. The van der Waals surface area contributed by atoms with Gasteiger partial charge in [0.2, 0.25) is 0 Å². The molecule has 0 aliphatic rings. The SMILES string of the molecule is CC(C)(C)c1ccc(Cl)c2c(CS(C)(=O)=O)[nH]nc12. The Kier molecular flexibility index (Phi) is 3.39. The molecule has 0 aliphatic heterocycles. The first-order chi connectivity index (χ1) is 8.59. The third kappa shape index (κ3) is 2.92. The van der Waals surface area contributed by atoms with Crippen LogP contribution in [-0.2, 0) is 21.0 Å². The van der Waals surface area contributed by atoms with E-state index in [4.69, 9.17) is 11.6 Å². The van der Waals surface area contributed by atoms with Crippen molar-refractivity contribution in [3.63, 3.8) is 0 Å². The lowest BCUT2D eigenvalue weighted by atomic mass is 9.85. The molecule has 0 saturated carbocycles. The monoisotopic (exact) mass is 300 g/mol. The summed E-state index contributed by atoms with van der Waals surface area (Å²) in [7, 11) is -3.13. The summed E-state index contributed by atoms with van der Waals surface area (Å²) in [5, 5.41) is 8.30. The number of benzene rings is 1. The fraction of sp³-hybridized carbons (Fsp3) is 0.462. The van der Waals surface area contributed by atoms with Gasteiger partial charge in [-0.05, 0) is 17.0 Å². The predicted molar refractivity (Wildman–Crippen MR) is 78.4 cm³/mol. The molecule has 1 heterocycles. The number of halogens is 1. The highest BCUT2D eigenvalue weighted by Gasteiger charge is 2.22. The van der Waals surface area contributed by atoms with Crippen molar-refractivity contribution in [1.82, 2.24) is 10.2 Å². The van der Waals surface area contributed by atoms with Crippen molar-refractivity contribution in [1.29, 1.82) is 0 Å². The Morgan fingerprint density at radius 2 is 1.95 bits per heavy atom. The third-order valence-electron chi connectivity index (χ3n) is 2.95. The lowest BCUT2D eigenvalue weighted by Gasteiger charge is -2.19. The van der Waals surface area contributed by atoms with E-state index in [-0.39, 0.29) is 11.2 Å². The van der Waals surface area contributed by atoms with Crippen molar-refractivity contribution >= 4 is 32.3 Å². The number of hydrogen-bond donors (Lipinski definition) is 1. The Morgan fingerprint density at radius 3 is 2.47 bits per heavy atom. The number of sulfone groups is 1. The molecular formula is C13H17ClN2O2S. The summed E-state index contributed by atoms with van der Waals surface area (Å²) in [4.78, 5) is 0. The molecule has 1 N–H and O–H groups in total. The van der Waals surface area contributed by atoms with Crippen LogP contribution in [0.15, 0.2) is 12.1 Å². The van der Waals surface area contributed by atoms with Crippen LogP contribution in [-0.4, -0.2) is 24.9 Å². The number of aromatic nitrogens is 2. The molecule has 0 atom stereocenters. The molecule has 0 bridgehead atoms. The van der Waals surface area contributed by atoms with Crippen molar-refractivity contribution < 1.29 is 8.42 Å². The van der Waals surface area contributed by atoms with E-state index < -0.39 is 9.84 Å². The van der Waals surface area contributed by atoms with Gasteiger partial charge in [-0.1, -0.05) is 38.4 Å². The minimum atomic E-state index is -3.13. The maximum Gasteiger partial charge on any atom is 0.153 e. The van der Waals surface area contributed by atoms with Gasteiger partial charge in [-0.25, -0.2) is 8.42 Å². The average Bonchev–Trinajstić information content (AvgIpc) is 2.58. The largest absolute Gasteiger partial charge is 0.280 e. The number of hydrogen-bond acceptors (Lipinski definition) is 3. The van der Waals surface area contributed by atoms with E-state index in [1.807, 2.05) is 6.07 Å². The molecule has 0 saturated heterocycles. The molecule has 0 spiro atoms. The molecule has 4 nitrogen and oxygen atoms in total. The normalized spacial score (nSPS) is 13.1. The lowest BCUT2D eigenvalue weighted by Crippen LogP contribution is -2.11. The quantitative estimate of drug-likeness (QED) is 0.927. The van der Waals surface area contributed by atoms with Crippen molar-refractivity contribution in [3.8, 4) is 0 Å². The van der Waals surface area contributed by atoms with Crippen LogP contribution in [0.5, 0.6) is 0 Å². The van der Waals surface area contributed by atoms with E-state index in [2.05, 4.69) is 31.0 Å². The molecule has 1 aromatic carbocycles. The Balaban J connectivity index is 2.73. The summed E-state index contributed by atoms with van der Waals surface area (Å²) in [6.45, 7) is 6.25. The standard InChI is InChI=1S/C13H17ClN2O2S/c1-13(2,3)8-5-6-9(14)11-10(7-19(4,17)18)15-16-12(8)11/h5-6H,7H2,1-4H3,(H,15,16). The van der Waals surface area contributed by atoms with Crippen LogP contribution in [0.3, 0.4) is 0 Å². The topological polar surface area (TPSA) is 62.8 Å². The van der Waals surface area contributed by atoms with Crippen molar-refractivity contribution in [2.24, 2.45) is 0 Å². The first-order valence-electron chi connectivity index (χ1n) is 5.93. The molecule has 0 radical (unpaired) electrons. The van der Waals surface area contributed by atoms with E-state index in [9.17, 15) is 8.42 Å².